The average molecular weight is 347 g/mol. The van der Waals surface area contributed by atoms with Crippen LogP contribution in [0, 0.1) is 14.9 Å². The molecule has 0 bridgehead atoms. The van der Waals surface area contributed by atoms with Crippen molar-refractivity contribution in [3.8, 4) is 6.07 Å². The molecule has 0 saturated heterocycles. The zero-order valence-corrected chi connectivity index (χ0v) is 11.7. The molecule has 0 spiro atoms. The second-order valence-electron chi connectivity index (χ2n) is 3.85. The molecule has 0 aliphatic rings. The van der Waals surface area contributed by atoms with Crippen LogP contribution < -0.4 is 0 Å². The van der Waals surface area contributed by atoms with Crippen molar-refractivity contribution in [1.82, 2.24) is 0 Å². The lowest BCUT2D eigenvalue weighted by molar-refractivity contribution is 0.0979. The predicted octanol–water partition coefficient (Wildman–Crippen LogP) is 3.78. The SMILES string of the molecule is N#CC(C(=O)c1cccc(I)c1)c1ccccc1. The minimum atomic E-state index is -0.732. The molecule has 0 heterocycles. The molecule has 0 saturated carbocycles. The van der Waals surface area contributed by atoms with Gasteiger partial charge in [-0.05, 0) is 40.3 Å². The standard InChI is InChI=1S/C15H10INO/c16-13-8-4-7-12(9-13)15(18)14(10-17)11-5-2-1-3-6-11/h1-9,14H. The van der Waals surface area contributed by atoms with Crippen molar-refractivity contribution >= 4 is 28.4 Å². The first-order valence-corrected chi connectivity index (χ1v) is 6.54. The number of carbonyl (C=O) groups excluding carboxylic acids is 1. The van der Waals surface area contributed by atoms with Gasteiger partial charge < -0.3 is 0 Å². The molecular formula is C15H10INO. The minimum absolute atomic E-state index is 0.151. The van der Waals surface area contributed by atoms with E-state index in [0.29, 0.717) is 5.56 Å². The van der Waals surface area contributed by atoms with E-state index in [1.807, 2.05) is 30.3 Å². The Balaban J connectivity index is 2.36. The van der Waals surface area contributed by atoms with Crippen molar-refractivity contribution < 1.29 is 4.79 Å². The van der Waals surface area contributed by atoms with Gasteiger partial charge in [0.2, 0.25) is 0 Å². The van der Waals surface area contributed by atoms with Gasteiger partial charge in [-0.3, -0.25) is 4.79 Å². The summed E-state index contributed by atoms with van der Waals surface area (Å²) >= 11 is 2.15. The van der Waals surface area contributed by atoms with Gasteiger partial charge >= 0.3 is 0 Å². The van der Waals surface area contributed by atoms with E-state index in [1.54, 1.807) is 24.3 Å². The highest BCUT2D eigenvalue weighted by Gasteiger charge is 2.21. The molecule has 2 nitrogen and oxygen atoms in total. The molecule has 3 heteroatoms. The van der Waals surface area contributed by atoms with Crippen LogP contribution in [0.3, 0.4) is 0 Å². The number of rotatable bonds is 3. The van der Waals surface area contributed by atoms with Gasteiger partial charge in [-0.15, -0.1) is 0 Å². The second kappa shape index (κ2) is 5.78. The van der Waals surface area contributed by atoms with Crippen LogP contribution in [-0.4, -0.2) is 5.78 Å². The summed E-state index contributed by atoms with van der Waals surface area (Å²) in [5.74, 6) is -0.883. The van der Waals surface area contributed by atoms with E-state index >= 15 is 0 Å². The molecule has 18 heavy (non-hydrogen) atoms. The summed E-state index contributed by atoms with van der Waals surface area (Å²) in [6.45, 7) is 0. The Hall–Kier alpha value is -1.67. The Morgan fingerprint density at radius 1 is 1.11 bits per heavy atom. The lowest BCUT2D eigenvalue weighted by Gasteiger charge is -2.08. The third kappa shape index (κ3) is 2.77. The predicted molar refractivity (Wildman–Crippen MR) is 78.3 cm³/mol. The number of nitriles is 1. The van der Waals surface area contributed by atoms with Crippen LogP contribution in [0.25, 0.3) is 0 Å². The largest absolute Gasteiger partial charge is 0.292 e. The topological polar surface area (TPSA) is 40.9 Å². The number of Topliss-reactive ketones (excluding diaryl/α,β-unsaturated/α-hetero) is 1. The van der Waals surface area contributed by atoms with E-state index in [2.05, 4.69) is 28.7 Å². The summed E-state index contributed by atoms with van der Waals surface area (Å²) in [7, 11) is 0. The fourth-order valence-electron chi connectivity index (χ4n) is 1.74. The molecule has 2 aromatic rings. The van der Waals surface area contributed by atoms with E-state index in [4.69, 9.17) is 0 Å². The molecule has 0 fully saturated rings. The molecule has 2 rings (SSSR count). The summed E-state index contributed by atoms with van der Waals surface area (Å²) in [5.41, 5.74) is 1.32. The smallest absolute Gasteiger partial charge is 0.184 e. The van der Waals surface area contributed by atoms with Crippen LogP contribution in [0.15, 0.2) is 54.6 Å². The Morgan fingerprint density at radius 3 is 2.44 bits per heavy atom. The minimum Gasteiger partial charge on any atom is -0.292 e. The summed E-state index contributed by atoms with van der Waals surface area (Å²) in [4.78, 5) is 12.3. The maximum Gasteiger partial charge on any atom is 0.184 e. The van der Waals surface area contributed by atoms with Gasteiger partial charge in [0.25, 0.3) is 0 Å². The van der Waals surface area contributed by atoms with Crippen LogP contribution in [0.2, 0.25) is 0 Å². The molecule has 0 radical (unpaired) electrons. The van der Waals surface area contributed by atoms with Crippen molar-refractivity contribution in [3.63, 3.8) is 0 Å². The molecule has 0 aliphatic carbocycles. The Kier molecular flexibility index (Phi) is 4.11. The molecule has 0 amide bonds. The summed E-state index contributed by atoms with van der Waals surface area (Å²) in [6.07, 6.45) is 0. The normalized spacial score (nSPS) is 11.6. The van der Waals surface area contributed by atoms with Crippen molar-refractivity contribution in [2.45, 2.75) is 5.92 Å². The summed E-state index contributed by atoms with van der Waals surface area (Å²) in [5, 5.41) is 9.21. The zero-order chi connectivity index (χ0) is 13.0. The van der Waals surface area contributed by atoms with E-state index in [0.717, 1.165) is 9.13 Å². The monoisotopic (exact) mass is 347 g/mol. The third-order valence-corrected chi connectivity index (χ3v) is 3.30. The molecule has 1 atom stereocenters. The van der Waals surface area contributed by atoms with Crippen molar-refractivity contribution in [2.24, 2.45) is 0 Å². The van der Waals surface area contributed by atoms with E-state index in [1.165, 1.54) is 0 Å². The first kappa shape index (κ1) is 12.8. The number of hydrogen-bond acceptors (Lipinski definition) is 2. The quantitative estimate of drug-likeness (QED) is 0.626. The Morgan fingerprint density at radius 2 is 1.83 bits per heavy atom. The molecule has 2 aromatic carbocycles. The lowest BCUT2D eigenvalue weighted by Crippen LogP contribution is -2.11. The first-order chi connectivity index (χ1) is 8.72. The molecule has 1 unspecified atom stereocenters. The zero-order valence-electron chi connectivity index (χ0n) is 9.51. The number of hydrogen-bond donors (Lipinski definition) is 0. The van der Waals surface area contributed by atoms with Gasteiger partial charge in [0.15, 0.2) is 5.78 Å². The molecule has 88 valence electrons. The van der Waals surface area contributed by atoms with Crippen LogP contribution in [-0.2, 0) is 0 Å². The third-order valence-electron chi connectivity index (χ3n) is 2.63. The number of ketones is 1. The van der Waals surface area contributed by atoms with Gasteiger partial charge in [-0.1, -0.05) is 42.5 Å². The molecular weight excluding hydrogens is 337 g/mol. The Labute approximate surface area is 119 Å². The Bertz CT molecular complexity index is 601. The number of nitrogens with zero attached hydrogens (tertiary/aromatic N) is 1. The van der Waals surface area contributed by atoms with E-state index in [-0.39, 0.29) is 5.78 Å². The number of benzene rings is 2. The maximum absolute atomic E-state index is 12.3. The van der Waals surface area contributed by atoms with Crippen molar-refractivity contribution in [3.05, 3.63) is 69.3 Å². The molecule has 0 aromatic heterocycles. The van der Waals surface area contributed by atoms with Crippen LogP contribution in [0.1, 0.15) is 21.8 Å². The van der Waals surface area contributed by atoms with Crippen LogP contribution in [0.4, 0.5) is 0 Å². The fourth-order valence-corrected chi connectivity index (χ4v) is 2.28. The highest BCUT2D eigenvalue weighted by Crippen LogP contribution is 2.21. The van der Waals surface area contributed by atoms with Gasteiger partial charge in [0.1, 0.15) is 5.92 Å². The van der Waals surface area contributed by atoms with Crippen molar-refractivity contribution in [1.29, 1.82) is 5.26 Å². The fraction of sp³-hybridized carbons (Fsp3) is 0.0667. The molecule has 0 N–H and O–H groups in total. The van der Waals surface area contributed by atoms with Crippen LogP contribution >= 0.6 is 22.6 Å². The lowest BCUT2D eigenvalue weighted by atomic mass is 9.92. The van der Waals surface area contributed by atoms with Gasteiger partial charge in [-0.2, -0.15) is 5.26 Å². The maximum atomic E-state index is 12.3. The number of carbonyl (C=O) groups is 1. The molecule has 0 aliphatic heterocycles. The highest BCUT2D eigenvalue weighted by atomic mass is 127. The van der Waals surface area contributed by atoms with Crippen LogP contribution in [0.5, 0.6) is 0 Å². The first-order valence-electron chi connectivity index (χ1n) is 5.46. The van der Waals surface area contributed by atoms with Crippen molar-refractivity contribution in [2.75, 3.05) is 0 Å². The van der Waals surface area contributed by atoms with Gasteiger partial charge in [0, 0.05) is 9.13 Å². The van der Waals surface area contributed by atoms with E-state index in [9.17, 15) is 10.1 Å². The second-order valence-corrected chi connectivity index (χ2v) is 5.09. The highest BCUT2D eigenvalue weighted by molar-refractivity contribution is 14.1. The summed E-state index contributed by atoms with van der Waals surface area (Å²) < 4.78 is 0.989. The average Bonchev–Trinajstić information content (AvgIpc) is 2.41. The number of halogens is 1. The summed E-state index contributed by atoms with van der Waals surface area (Å²) in [6, 6.07) is 18.5. The van der Waals surface area contributed by atoms with Gasteiger partial charge in [-0.25, -0.2) is 0 Å². The van der Waals surface area contributed by atoms with Gasteiger partial charge in [0.05, 0.1) is 6.07 Å². The van der Waals surface area contributed by atoms with E-state index < -0.39 is 5.92 Å².